The maximum absolute atomic E-state index is 12.1. The van der Waals surface area contributed by atoms with Gasteiger partial charge in [-0.1, -0.05) is 36.8 Å². The first-order chi connectivity index (χ1) is 12.0. The Balaban J connectivity index is 1.62. The number of benzene rings is 1. The Morgan fingerprint density at radius 2 is 1.92 bits per heavy atom. The smallest absolute Gasteiger partial charge is 0.239 e. The van der Waals surface area contributed by atoms with Crippen LogP contribution < -0.4 is 10.6 Å². The first-order valence-corrected chi connectivity index (χ1v) is 9.20. The number of fused-ring (bicyclic) bond motifs is 1. The second-order valence-electron chi connectivity index (χ2n) is 6.02. The number of hydrogen-bond acceptors (Lipinski definition) is 5. The number of thiophene rings is 1. The zero-order valence-electron chi connectivity index (χ0n) is 14.7. The van der Waals surface area contributed by atoms with E-state index in [1.807, 2.05) is 38.1 Å². The summed E-state index contributed by atoms with van der Waals surface area (Å²) in [7, 11) is 0. The average Bonchev–Trinajstić information content (AvgIpc) is 3.02. The number of nitrogens with zero attached hydrogens (tertiary/aromatic N) is 2. The molecule has 130 valence electrons. The van der Waals surface area contributed by atoms with Crippen molar-refractivity contribution >= 4 is 33.3 Å². The molecule has 0 aliphatic carbocycles. The summed E-state index contributed by atoms with van der Waals surface area (Å²) in [6.45, 7) is 6.75. The highest BCUT2D eigenvalue weighted by atomic mass is 32.1. The van der Waals surface area contributed by atoms with Crippen LogP contribution in [-0.2, 0) is 17.8 Å². The third-order valence-electron chi connectivity index (χ3n) is 3.93. The fourth-order valence-electron chi connectivity index (χ4n) is 2.52. The fraction of sp³-hybridized carbons (Fsp3) is 0.316. The van der Waals surface area contributed by atoms with Crippen molar-refractivity contribution in [3.05, 3.63) is 52.2 Å². The first kappa shape index (κ1) is 17.4. The molecule has 3 aromatic rings. The maximum Gasteiger partial charge on any atom is 0.239 e. The molecule has 2 heterocycles. The van der Waals surface area contributed by atoms with Crippen molar-refractivity contribution in [2.24, 2.45) is 0 Å². The predicted molar refractivity (Wildman–Crippen MR) is 103 cm³/mol. The quantitative estimate of drug-likeness (QED) is 0.710. The van der Waals surface area contributed by atoms with Gasteiger partial charge in [0.2, 0.25) is 5.91 Å². The Hall–Kier alpha value is -2.47. The lowest BCUT2D eigenvalue weighted by Crippen LogP contribution is -2.29. The molecule has 0 atom stereocenters. The van der Waals surface area contributed by atoms with Gasteiger partial charge in [-0.2, -0.15) is 0 Å². The van der Waals surface area contributed by atoms with Gasteiger partial charge in [0.05, 0.1) is 11.9 Å². The molecule has 0 radical (unpaired) electrons. The molecule has 5 nitrogen and oxygen atoms in total. The Bertz CT molecular complexity index is 886. The highest BCUT2D eigenvalue weighted by molar-refractivity contribution is 7.18. The number of hydrogen-bond donors (Lipinski definition) is 2. The number of nitrogens with one attached hydrogen (secondary N) is 2. The summed E-state index contributed by atoms with van der Waals surface area (Å²) in [5, 5.41) is 7.07. The van der Waals surface area contributed by atoms with Crippen LogP contribution in [-0.4, -0.2) is 22.4 Å². The van der Waals surface area contributed by atoms with E-state index >= 15 is 0 Å². The molecule has 0 aliphatic rings. The fourth-order valence-corrected chi connectivity index (χ4v) is 3.53. The van der Waals surface area contributed by atoms with Gasteiger partial charge in [-0.05, 0) is 31.9 Å². The normalized spacial score (nSPS) is 10.8. The van der Waals surface area contributed by atoms with Crippen molar-refractivity contribution in [1.82, 2.24) is 15.3 Å². The molecule has 6 heteroatoms. The van der Waals surface area contributed by atoms with Gasteiger partial charge < -0.3 is 10.6 Å². The highest BCUT2D eigenvalue weighted by Crippen LogP contribution is 2.29. The molecule has 25 heavy (non-hydrogen) atoms. The minimum absolute atomic E-state index is 0.0593. The van der Waals surface area contributed by atoms with Gasteiger partial charge in [-0.3, -0.25) is 4.79 Å². The van der Waals surface area contributed by atoms with E-state index in [0.717, 1.165) is 28.0 Å². The van der Waals surface area contributed by atoms with Crippen LogP contribution in [0.5, 0.6) is 0 Å². The van der Waals surface area contributed by atoms with Crippen molar-refractivity contribution in [2.45, 2.75) is 33.7 Å². The van der Waals surface area contributed by atoms with Gasteiger partial charge in [0, 0.05) is 11.4 Å². The van der Waals surface area contributed by atoms with Crippen LogP contribution in [0, 0.1) is 13.8 Å². The van der Waals surface area contributed by atoms with E-state index < -0.39 is 0 Å². The van der Waals surface area contributed by atoms with Crippen molar-refractivity contribution in [3.8, 4) is 0 Å². The highest BCUT2D eigenvalue weighted by Gasteiger charge is 2.11. The zero-order valence-corrected chi connectivity index (χ0v) is 15.5. The summed E-state index contributed by atoms with van der Waals surface area (Å²) in [4.78, 5) is 23.3. The monoisotopic (exact) mass is 354 g/mol. The Labute approximate surface area is 151 Å². The van der Waals surface area contributed by atoms with E-state index in [4.69, 9.17) is 0 Å². The Morgan fingerprint density at radius 1 is 1.16 bits per heavy atom. The number of anilines is 1. The van der Waals surface area contributed by atoms with Crippen LogP contribution in [0.25, 0.3) is 10.2 Å². The molecule has 3 rings (SSSR count). The van der Waals surface area contributed by atoms with E-state index in [9.17, 15) is 4.79 Å². The molecule has 0 fully saturated rings. The van der Waals surface area contributed by atoms with Gasteiger partial charge in [-0.25, -0.2) is 9.97 Å². The molecule has 0 spiro atoms. The average molecular weight is 354 g/mol. The molecular formula is C19H22N4OS. The van der Waals surface area contributed by atoms with E-state index in [1.165, 1.54) is 10.4 Å². The van der Waals surface area contributed by atoms with Gasteiger partial charge in [0.1, 0.15) is 16.5 Å². The predicted octanol–water partition coefficient (Wildman–Crippen LogP) is 3.60. The number of carbonyl (C=O) groups excluding carboxylic acids is 1. The molecule has 0 saturated carbocycles. The maximum atomic E-state index is 12.1. The standard InChI is InChI=1S/C19H22N4OS/c1-4-15-9-16-18(22-13(3)23-19(16)25-15)21-11-17(24)20-10-14-7-5-12(2)6-8-14/h5-9H,4,10-11H2,1-3H3,(H,20,24)(H,21,22,23). The third kappa shape index (κ3) is 4.33. The van der Waals surface area contributed by atoms with Crippen LogP contribution in [0.1, 0.15) is 28.8 Å². The molecule has 0 bridgehead atoms. The van der Waals surface area contributed by atoms with Gasteiger partial charge in [0.25, 0.3) is 0 Å². The molecule has 1 aromatic carbocycles. The van der Waals surface area contributed by atoms with Crippen LogP contribution in [0.2, 0.25) is 0 Å². The van der Waals surface area contributed by atoms with Crippen LogP contribution in [0.3, 0.4) is 0 Å². The lowest BCUT2D eigenvalue weighted by Gasteiger charge is -2.09. The van der Waals surface area contributed by atoms with Crippen LogP contribution in [0.15, 0.2) is 30.3 Å². The van der Waals surface area contributed by atoms with Gasteiger partial charge in [-0.15, -0.1) is 11.3 Å². The van der Waals surface area contributed by atoms with Gasteiger partial charge in [0.15, 0.2) is 0 Å². The lowest BCUT2D eigenvalue weighted by atomic mass is 10.1. The van der Waals surface area contributed by atoms with Crippen molar-refractivity contribution < 1.29 is 4.79 Å². The SMILES string of the molecule is CCc1cc2c(NCC(=O)NCc3ccc(C)cc3)nc(C)nc2s1. The van der Waals surface area contributed by atoms with Crippen LogP contribution in [0.4, 0.5) is 5.82 Å². The minimum Gasteiger partial charge on any atom is -0.360 e. The zero-order chi connectivity index (χ0) is 17.8. The second kappa shape index (κ2) is 7.61. The molecular weight excluding hydrogens is 332 g/mol. The number of rotatable bonds is 6. The molecule has 0 unspecified atom stereocenters. The van der Waals surface area contributed by atoms with E-state index in [2.05, 4.69) is 33.6 Å². The second-order valence-corrected chi connectivity index (χ2v) is 7.14. The molecule has 2 aromatic heterocycles. The summed E-state index contributed by atoms with van der Waals surface area (Å²) < 4.78 is 0. The number of aromatic nitrogens is 2. The number of carbonyl (C=O) groups is 1. The molecule has 2 N–H and O–H groups in total. The topological polar surface area (TPSA) is 66.9 Å². The Morgan fingerprint density at radius 3 is 2.64 bits per heavy atom. The molecule has 0 aliphatic heterocycles. The molecule has 1 amide bonds. The van der Waals surface area contributed by atoms with E-state index in [-0.39, 0.29) is 12.5 Å². The summed E-state index contributed by atoms with van der Waals surface area (Å²) in [5.41, 5.74) is 2.30. The van der Waals surface area contributed by atoms with Crippen molar-refractivity contribution in [1.29, 1.82) is 0 Å². The largest absolute Gasteiger partial charge is 0.360 e. The summed E-state index contributed by atoms with van der Waals surface area (Å²) >= 11 is 1.68. The van der Waals surface area contributed by atoms with E-state index in [1.54, 1.807) is 11.3 Å². The first-order valence-electron chi connectivity index (χ1n) is 8.38. The minimum atomic E-state index is -0.0593. The third-order valence-corrected chi connectivity index (χ3v) is 5.10. The van der Waals surface area contributed by atoms with Crippen molar-refractivity contribution in [3.63, 3.8) is 0 Å². The summed E-state index contributed by atoms with van der Waals surface area (Å²) in [5.74, 6) is 1.37. The Kier molecular flexibility index (Phi) is 5.28. The van der Waals surface area contributed by atoms with Crippen molar-refractivity contribution in [2.75, 3.05) is 11.9 Å². The van der Waals surface area contributed by atoms with E-state index in [0.29, 0.717) is 12.4 Å². The number of amides is 1. The molecule has 0 saturated heterocycles. The van der Waals surface area contributed by atoms with Gasteiger partial charge >= 0.3 is 0 Å². The summed E-state index contributed by atoms with van der Waals surface area (Å²) in [6, 6.07) is 10.2. The lowest BCUT2D eigenvalue weighted by molar-refractivity contribution is -0.119. The number of aryl methyl sites for hydroxylation is 3. The summed E-state index contributed by atoms with van der Waals surface area (Å²) in [6.07, 6.45) is 0.969. The van der Waals surface area contributed by atoms with Crippen LogP contribution >= 0.6 is 11.3 Å².